The van der Waals surface area contributed by atoms with Crippen LogP contribution in [-0.2, 0) is 0 Å². The van der Waals surface area contributed by atoms with Gasteiger partial charge in [-0.2, -0.15) is 0 Å². The largest absolute Gasteiger partial charge is 0.395 e. The topological polar surface area (TPSA) is 56.3 Å². The second kappa shape index (κ2) is 6.04. The number of halogens is 1. The van der Waals surface area contributed by atoms with E-state index in [0.29, 0.717) is 18.7 Å². The maximum absolute atomic E-state index is 12.5. The van der Waals surface area contributed by atoms with Crippen molar-refractivity contribution in [2.45, 2.75) is 0 Å². The number of nitrogens with one attached hydrogen (secondary N) is 1. The Morgan fingerprint density at radius 3 is 3.00 bits per heavy atom. The predicted octanol–water partition coefficient (Wildman–Crippen LogP) is 2.55. The Morgan fingerprint density at radius 2 is 2.32 bits per heavy atom. The SMILES string of the molecule is C=CCN(CCO)C(=O)c1c[nH]c2cccc(Br)c12. The van der Waals surface area contributed by atoms with E-state index < -0.39 is 0 Å². The number of hydrogen-bond acceptors (Lipinski definition) is 2. The van der Waals surface area contributed by atoms with Crippen LogP contribution in [0.2, 0.25) is 0 Å². The monoisotopic (exact) mass is 322 g/mol. The van der Waals surface area contributed by atoms with Gasteiger partial charge in [0.15, 0.2) is 0 Å². The van der Waals surface area contributed by atoms with Crippen LogP contribution >= 0.6 is 15.9 Å². The summed E-state index contributed by atoms with van der Waals surface area (Å²) < 4.78 is 0.872. The number of aromatic amines is 1. The summed E-state index contributed by atoms with van der Waals surface area (Å²) in [6, 6.07) is 5.73. The highest BCUT2D eigenvalue weighted by Gasteiger charge is 2.19. The summed E-state index contributed by atoms with van der Waals surface area (Å²) in [6.45, 7) is 4.27. The van der Waals surface area contributed by atoms with Crippen LogP contribution in [0.5, 0.6) is 0 Å². The first kappa shape index (κ1) is 13.8. The van der Waals surface area contributed by atoms with Gasteiger partial charge >= 0.3 is 0 Å². The molecule has 0 atom stereocenters. The molecule has 0 bridgehead atoms. The lowest BCUT2D eigenvalue weighted by Crippen LogP contribution is -2.33. The molecule has 0 unspecified atom stereocenters. The highest BCUT2D eigenvalue weighted by Crippen LogP contribution is 2.27. The Hall–Kier alpha value is -1.59. The maximum Gasteiger partial charge on any atom is 0.256 e. The fourth-order valence-corrected chi connectivity index (χ4v) is 2.61. The van der Waals surface area contributed by atoms with Gasteiger partial charge in [0.05, 0.1) is 12.2 Å². The number of hydrogen-bond donors (Lipinski definition) is 2. The first-order valence-corrected chi connectivity index (χ1v) is 6.75. The molecule has 1 amide bonds. The fourth-order valence-electron chi connectivity index (χ4n) is 2.03. The van der Waals surface area contributed by atoms with Crippen molar-refractivity contribution in [2.75, 3.05) is 19.7 Å². The summed E-state index contributed by atoms with van der Waals surface area (Å²) in [5.41, 5.74) is 1.50. The number of aliphatic hydroxyl groups excluding tert-OH is 1. The number of H-pyrrole nitrogens is 1. The van der Waals surface area contributed by atoms with Gasteiger partial charge in [0.1, 0.15) is 0 Å². The predicted molar refractivity (Wildman–Crippen MR) is 79.2 cm³/mol. The molecule has 2 aromatic rings. The lowest BCUT2D eigenvalue weighted by atomic mass is 10.1. The number of carbonyl (C=O) groups excluding carboxylic acids is 1. The van der Waals surface area contributed by atoms with Crippen molar-refractivity contribution in [3.05, 3.63) is 47.1 Å². The van der Waals surface area contributed by atoms with Crippen LogP contribution in [0.3, 0.4) is 0 Å². The maximum atomic E-state index is 12.5. The molecule has 2 rings (SSSR count). The minimum atomic E-state index is -0.118. The zero-order valence-electron chi connectivity index (χ0n) is 10.4. The number of aliphatic hydroxyl groups is 1. The number of benzene rings is 1. The van der Waals surface area contributed by atoms with Crippen molar-refractivity contribution in [1.82, 2.24) is 9.88 Å². The quantitative estimate of drug-likeness (QED) is 0.831. The Kier molecular flexibility index (Phi) is 4.39. The number of aromatic nitrogens is 1. The van der Waals surface area contributed by atoms with Crippen LogP contribution in [0.4, 0.5) is 0 Å². The third kappa shape index (κ3) is 2.72. The Bertz CT molecular complexity index is 607. The highest BCUT2D eigenvalue weighted by molar-refractivity contribution is 9.10. The molecule has 19 heavy (non-hydrogen) atoms. The number of nitrogens with zero attached hydrogens (tertiary/aromatic N) is 1. The summed E-state index contributed by atoms with van der Waals surface area (Å²) in [5.74, 6) is -0.118. The molecular weight excluding hydrogens is 308 g/mol. The van der Waals surface area contributed by atoms with Crippen LogP contribution < -0.4 is 0 Å². The van der Waals surface area contributed by atoms with E-state index in [-0.39, 0.29) is 12.5 Å². The van der Waals surface area contributed by atoms with Crippen LogP contribution in [0, 0.1) is 0 Å². The Morgan fingerprint density at radius 1 is 1.53 bits per heavy atom. The molecule has 0 aliphatic heterocycles. The smallest absolute Gasteiger partial charge is 0.256 e. The van der Waals surface area contributed by atoms with E-state index in [2.05, 4.69) is 27.5 Å². The lowest BCUT2D eigenvalue weighted by molar-refractivity contribution is 0.0745. The van der Waals surface area contributed by atoms with E-state index in [1.54, 1.807) is 17.2 Å². The van der Waals surface area contributed by atoms with Crippen LogP contribution in [-0.4, -0.2) is 40.6 Å². The molecule has 0 saturated carbocycles. The highest BCUT2D eigenvalue weighted by atomic mass is 79.9. The zero-order valence-corrected chi connectivity index (χ0v) is 12.0. The second-order valence-electron chi connectivity index (χ2n) is 4.13. The zero-order chi connectivity index (χ0) is 13.8. The van der Waals surface area contributed by atoms with Gasteiger partial charge in [-0.05, 0) is 12.1 Å². The second-order valence-corrected chi connectivity index (χ2v) is 4.98. The number of fused-ring (bicyclic) bond motifs is 1. The molecule has 1 aromatic carbocycles. The molecule has 5 heteroatoms. The van der Waals surface area contributed by atoms with E-state index in [1.165, 1.54) is 0 Å². The van der Waals surface area contributed by atoms with Crippen molar-refractivity contribution in [1.29, 1.82) is 0 Å². The Labute approximate surface area is 119 Å². The lowest BCUT2D eigenvalue weighted by Gasteiger charge is -2.19. The summed E-state index contributed by atoms with van der Waals surface area (Å²) in [5, 5.41) is 9.89. The first-order valence-electron chi connectivity index (χ1n) is 5.95. The molecule has 0 saturated heterocycles. The van der Waals surface area contributed by atoms with Crippen molar-refractivity contribution < 1.29 is 9.90 Å². The molecule has 0 fully saturated rings. The number of amides is 1. The van der Waals surface area contributed by atoms with Crippen molar-refractivity contribution in [3.63, 3.8) is 0 Å². The van der Waals surface area contributed by atoms with E-state index in [0.717, 1.165) is 15.4 Å². The minimum Gasteiger partial charge on any atom is -0.395 e. The molecule has 2 N–H and O–H groups in total. The minimum absolute atomic E-state index is 0.0664. The van der Waals surface area contributed by atoms with Crippen molar-refractivity contribution in [3.8, 4) is 0 Å². The van der Waals surface area contributed by atoms with Crippen LogP contribution in [0.25, 0.3) is 10.9 Å². The van der Waals surface area contributed by atoms with Crippen LogP contribution in [0.15, 0.2) is 41.5 Å². The summed E-state index contributed by atoms with van der Waals surface area (Å²) in [6.07, 6.45) is 3.35. The molecular formula is C14H15BrN2O2. The molecule has 0 radical (unpaired) electrons. The third-order valence-electron chi connectivity index (χ3n) is 2.89. The van der Waals surface area contributed by atoms with Gasteiger partial charge in [-0.3, -0.25) is 4.79 Å². The molecule has 1 heterocycles. The Balaban J connectivity index is 2.42. The van der Waals surface area contributed by atoms with E-state index in [1.807, 2.05) is 18.2 Å². The van der Waals surface area contributed by atoms with Crippen molar-refractivity contribution >= 4 is 32.7 Å². The molecule has 100 valence electrons. The fraction of sp³-hybridized carbons (Fsp3) is 0.214. The van der Waals surface area contributed by atoms with Gasteiger partial charge < -0.3 is 15.0 Å². The molecule has 0 aliphatic carbocycles. The van der Waals surface area contributed by atoms with Crippen molar-refractivity contribution in [2.24, 2.45) is 0 Å². The number of carbonyl (C=O) groups is 1. The van der Waals surface area contributed by atoms with Crippen LogP contribution in [0.1, 0.15) is 10.4 Å². The van der Waals surface area contributed by atoms with E-state index >= 15 is 0 Å². The van der Waals surface area contributed by atoms with Gasteiger partial charge in [0.2, 0.25) is 0 Å². The van der Waals surface area contributed by atoms with E-state index in [4.69, 9.17) is 5.11 Å². The van der Waals surface area contributed by atoms with Gasteiger partial charge in [-0.25, -0.2) is 0 Å². The molecule has 0 spiro atoms. The summed E-state index contributed by atoms with van der Waals surface area (Å²) >= 11 is 3.46. The first-order chi connectivity index (χ1) is 9.19. The van der Waals surface area contributed by atoms with Gasteiger partial charge in [-0.1, -0.05) is 28.1 Å². The van der Waals surface area contributed by atoms with E-state index in [9.17, 15) is 4.79 Å². The molecule has 0 aliphatic rings. The standard InChI is InChI=1S/C14H15BrN2O2/c1-2-6-17(7-8-18)14(19)10-9-16-12-5-3-4-11(15)13(10)12/h2-5,9,16,18H,1,6-8H2. The average molecular weight is 323 g/mol. The summed E-state index contributed by atoms with van der Waals surface area (Å²) in [7, 11) is 0. The average Bonchev–Trinajstić information content (AvgIpc) is 2.83. The summed E-state index contributed by atoms with van der Waals surface area (Å²) in [4.78, 5) is 17.1. The normalized spacial score (nSPS) is 10.6. The third-order valence-corrected chi connectivity index (χ3v) is 3.55. The molecule has 4 nitrogen and oxygen atoms in total. The molecule has 1 aromatic heterocycles. The number of rotatable bonds is 5. The van der Waals surface area contributed by atoms with Gasteiger partial charge in [0, 0.05) is 34.7 Å². The van der Waals surface area contributed by atoms with Gasteiger partial charge in [-0.15, -0.1) is 6.58 Å². The van der Waals surface area contributed by atoms with Gasteiger partial charge in [0.25, 0.3) is 5.91 Å².